The summed E-state index contributed by atoms with van der Waals surface area (Å²) in [5, 5.41) is 0. The van der Waals surface area contributed by atoms with Gasteiger partial charge in [0.25, 0.3) is 0 Å². The van der Waals surface area contributed by atoms with Gasteiger partial charge in [-0.3, -0.25) is 4.90 Å². The number of hydrogen-bond acceptors (Lipinski definition) is 2. The van der Waals surface area contributed by atoms with E-state index in [1.807, 2.05) is 0 Å². The van der Waals surface area contributed by atoms with Gasteiger partial charge < -0.3 is 5.73 Å². The number of rotatable bonds is 2. The van der Waals surface area contributed by atoms with E-state index in [1.165, 1.54) is 32.2 Å². The van der Waals surface area contributed by atoms with Gasteiger partial charge in [-0.2, -0.15) is 0 Å². The van der Waals surface area contributed by atoms with Crippen molar-refractivity contribution >= 4 is 0 Å². The van der Waals surface area contributed by atoms with Crippen molar-refractivity contribution in [2.45, 2.75) is 65.5 Å². The quantitative estimate of drug-likeness (QED) is 0.801. The number of likely N-dealkylation sites (tertiary alicyclic amines) is 1. The molecule has 2 aliphatic rings. The average Bonchev–Trinajstić information content (AvgIpc) is 2.56. The maximum absolute atomic E-state index is 5.84. The summed E-state index contributed by atoms with van der Waals surface area (Å²) < 4.78 is 0. The monoisotopic (exact) mass is 238 g/mol. The maximum atomic E-state index is 5.84. The van der Waals surface area contributed by atoms with Crippen molar-refractivity contribution in [2.75, 3.05) is 13.1 Å². The molecule has 0 aromatic heterocycles. The summed E-state index contributed by atoms with van der Waals surface area (Å²) in [6.07, 6.45) is 5.47. The van der Waals surface area contributed by atoms with E-state index < -0.39 is 0 Å². The van der Waals surface area contributed by atoms with Crippen molar-refractivity contribution < 1.29 is 0 Å². The molecule has 0 aromatic carbocycles. The van der Waals surface area contributed by atoms with E-state index in [2.05, 4.69) is 32.6 Å². The van der Waals surface area contributed by atoms with Crippen LogP contribution in [0.5, 0.6) is 0 Å². The van der Waals surface area contributed by atoms with E-state index in [0.717, 1.165) is 30.5 Å². The fraction of sp³-hybridized carbons (Fsp3) is 1.00. The van der Waals surface area contributed by atoms with Crippen LogP contribution >= 0.6 is 0 Å². The van der Waals surface area contributed by atoms with Crippen LogP contribution in [0.25, 0.3) is 0 Å². The van der Waals surface area contributed by atoms with E-state index in [-0.39, 0.29) is 0 Å². The van der Waals surface area contributed by atoms with Crippen LogP contribution in [-0.2, 0) is 0 Å². The molecule has 2 heteroatoms. The minimum absolute atomic E-state index is 0.531. The Morgan fingerprint density at radius 3 is 2.41 bits per heavy atom. The third-order valence-electron chi connectivity index (χ3n) is 4.88. The van der Waals surface area contributed by atoms with Crippen LogP contribution in [0.2, 0.25) is 0 Å². The normalized spacial score (nSPS) is 42.9. The molecule has 0 spiro atoms. The van der Waals surface area contributed by atoms with Crippen molar-refractivity contribution in [3.8, 4) is 0 Å². The van der Waals surface area contributed by atoms with Crippen molar-refractivity contribution in [1.82, 2.24) is 4.90 Å². The molecular weight excluding hydrogens is 208 g/mol. The molecule has 1 heterocycles. The Morgan fingerprint density at radius 2 is 1.88 bits per heavy atom. The first-order valence-electron chi connectivity index (χ1n) is 7.37. The van der Waals surface area contributed by atoms with Crippen LogP contribution < -0.4 is 5.73 Å². The second kappa shape index (κ2) is 4.89. The van der Waals surface area contributed by atoms with Gasteiger partial charge in [0.2, 0.25) is 0 Å². The van der Waals surface area contributed by atoms with Gasteiger partial charge in [-0.1, -0.05) is 20.8 Å². The highest BCUT2D eigenvalue weighted by atomic mass is 15.2. The molecule has 2 rings (SSSR count). The Balaban J connectivity index is 2.02. The van der Waals surface area contributed by atoms with E-state index in [1.54, 1.807) is 0 Å². The lowest BCUT2D eigenvalue weighted by Crippen LogP contribution is -2.45. The fourth-order valence-electron chi connectivity index (χ4n) is 4.40. The largest absolute Gasteiger partial charge is 0.330 e. The van der Waals surface area contributed by atoms with Crippen LogP contribution in [-0.4, -0.2) is 30.1 Å². The zero-order valence-electron chi connectivity index (χ0n) is 12.1. The van der Waals surface area contributed by atoms with E-state index in [9.17, 15) is 0 Å². The number of nitrogens with two attached hydrogens (primary N) is 1. The Hall–Kier alpha value is -0.0800. The summed E-state index contributed by atoms with van der Waals surface area (Å²) in [4.78, 5) is 2.76. The standard InChI is InChI=1S/C15H30N2/c1-11-5-14(8-15(3,4)7-11)17-10-13(9-16)6-12(17)2/h11-14H,5-10,16H2,1-4H3. The first kappa shape index (κ1) is 13.4. The van der Waals surface area contributed by atoms with Crippen molar-refractivity contribution in [3.63, 3.8) is 0 Å². The minimum atomic E-state index is 0.531. The molecular formula is C15H30N2. The molecule has 100 valence electrons. The van der Waals surface area contributed by atoms with Gasteiger partial charge in [-0.15, -0.1) is 0 Å². The predicted molar refractivity (Wildman–Crippen MR) is 73.9 cm³/mol. The summed E-state index contributed by atoms with van der Waals surface area (Å²) in [5.74, 6) is 1.62. The van der Waals surface area contributed by atoms with Gasteiger partial charge in [-0.05, 0) is 56.4 Å². The van der Waals surface area contributed by atoms with Crippen molar-refractivity contribution in [3.05, 3.63) is 0 Å². The first-order chi connectivity index (χ1) is 7.91. The summed E-state index contributed by atoms with van der Waals surface area (Å²) in [6, 6.07) is 1.55. The summed E-state index contributed by atoms with van der Waals surface area (Å²) in [5.41, 5.74) is 6.37. The fourth-order valence-corrected chi connectivity index (χ4v) is 4.40. The second-order valence-corrected chi connectivity index (χ2v) is 7.45. The third-order valence-corrected chi connectivity index (χ3v) is 4.88. The molecule has 17 heavy (non-hydrogen) atoms. The zero-order valence-corrected chi connectivity index (χ0v) is 12.1. The minimum Gasteiger partial charge on any atom is -0.330 e. The van der Waals surface area contributed by atoms with Crippen LogP contribution in [0.4, 0.5) is 0 Å². The molecule has 2 fully saturated rings. The molecule has 4 unspecified atom stereocenters. The molecule has 0 bridgehead atoms. The molecule has 2 N–H and O–H groups in total. The lowest BCUT2D eigenvalue weighted by molar-refractivity contribution is 0.0617. The third kappa shape index (κ3) is 3.03. The van der Waals surface area contributed by atoms with E-state index in [4.69, 9.17) is 5.73 Å². The highest BCUT2D eigenvalue weighted by Crippen LogP contribution is 2.42. The Bertz CT molecular complexity index is 262. The lowest BCUT2D eigenvalue weighted by atomic mass is 9.70. The first-order valence-corrected chi connectivity index (χ1v) is 7.37. The van der Waals surface area contributed by atoms with Gasteiger partial charge in [-0.25, -0.2) is 0 Å². The molecule has 0 radical (unpaired) electrons. The second-order valence-electron chi connectivity index (χ2n) is 7.45. The van der Waals surface area contributed by atoms with Crippen LogP contribution in [0.15, 0.2) is 0 Å². The summed E-state index contributed by atoms with van der Waals surface area (Å²) >= 11 is 0. The highest BCUT2D eigenvalue weighted by molar-refractivity contribution is 4.93. The lowest BCUT2D eigenvalue weighted by Gasteiger charge is -2.44. The molecule has 2 nitrogen and oxygen atoms in total. The van der Waals surface area contributed by atoms with Crippen LogP contribution in [0.1, 0.15) is 53.4 Å². The Morgan fingerprint density at radius 1 is 1.18 bits per heavy atom. The smallest absolute Gasteiger partial charge is 0.0106 e. The van der Waals surface area contributed by atoms with Crippen molar-refractivity contribution in [1.29, 1.82) is 0 Å². The van der Waals surface area contributed by atoms with E-state index in [0.29, 0.717) is 5.41 Å². The zero-order chi connectivity index (χ0) is 12.6. The SMILES string of the molecule is CC1CC(N2CC(CN)CC2C)CC(C)(C)C1. The molecule has 1 aliphatic carbocycles. The van der Waals surface area contributed by atoms with Gasteiger partial charge in [0.15, 0.2) is 0 Å². The molecule has 4 atom stereocenters. The maximum Gasteiger partial charge on any atom is 0.0106 e. The molecule has 1 aliphatic heterocycles. The predicted octanol–water partition coefficient (Wildman–Crippen LogP) is 2.87. The molecule has 0 amide bonds. The Kier molecular flexibility index (Phi) is 3.84. The average molecular weight is 238 g/mol. The summed E-state index contributed by atoms with van der Waals surface area (Å²) in [6.45, 7) is 11.8. The number of nitrogens with zero attached hydrogens (tertiary/aromatic N) is 1. The number of hydrogen-bond donors (Lipinski definition) is 1. The van der Waals surface area contributed by atoms with Crippen molar-refractivity contribution in [2.24, 2.45) is 23.0 Å². The van der Waals surface area contributed by atoms with Gasteiger partial charge in [0, 0.05) is 18.6 Å². The van der Waals surface area contributed by atoms with Crippen LogP contribution in [0.3, 0.4) is 0 Å². The molecule has 1 saturated carbocycles. The van der Waals surface area contributed by atoms with Gasteiger partial charge >= 0.3 is 0 Å². The van der Waals surface area contributed by atoms with Crippen LogP contribution in [0, 0.1) is 17.3 Å². The Labute approximate surface area is 107 Å². The summed E-state index contributed by atoms with van der Waals surface area (Å²) in [7, 11) is 0. The highest BCUT2D eigenvalue weighted by Gasteiger charge is 2.39. The van der Waals surface area contributed by atoms with Gasteiger partial charge in [0.05, 0.1) is 0 Å². The molecule has 0 aromatic rings. The van der Waals surface area contributed by atoms with E-state index >= 15 is 0 Å². The van der Waals surface area contributed by atoms with Gasteiger partial charge in [0.1, 0.15) is 0 Å². The topological polar surface area (TPSA) is 29.3 Å². The molecule has 1 saturated heterocycles.